The maximum atomic E-state index is 12.4. The zero-order valence-electron chi connectivity index (χ0n) is 10.8. The number of anilines is 1. The third-order valence-electron chi connectivity index (χ3n) is 2.44. The van der Waals surface area contributed by atoms with E-state index in [-0.39, 0.29) is 0 Å². The zero-order chi connectivity index (χ0) is 13.8. The van der Waals surface area contributed by atoms with Crippen LogP contribution in [0.2, 0.25) is 0 Å². The number of nitrogens with zero attached hydrogens (tertiary/aromatic N) is 2. The molecule has 0 saturated carbocycles. The monoisotopic (exact) mass is 281 g/mol. The maximum absolute atomic E-state index is 12.4. The van der Waals surface area contributed by atoms with Gasteiger partial charge < -0.3 is 10.2 Å². The molecule has 104 valence electrons. The van der Waals surface area contributed by atoms with E-state index < -0.39 is 12.7 Å². The molecule has 1 N–H and O–H groups in total. The van der Waals surface area contributed by atoms with Crippen LogP contribution in [0.5, 0.6) is 0 Å². The van der Waals surface area contributed by atoms with Crippen LogP contribution in [0.15, 0.2) is 0 Å². The normalized spacial score (nSPS) is 11.9. The van der Waals surface area contributed by atoms with Crippen LogP contribution >= 0.6 is 11.3 Å². The number of thiazole rings is 1. The number of aromatic nitrogens is 1. The Hall–Kier alpha value is -0.820. The van der Waals surface area contributed by atoms with Gasteiger partial charge in [-0.2, -0.15) is 13.2 Å². The van der Waals surface area contributed by atoms with Gasteiger partial charge in [0, 0.05) is 18.0 Å². The second-order valence-electron chi connectivity index (χ2n) is 3.91. The van der Waals surface area contributed by atoms with Gasteiger partial charge in [0.05, 0.1) is 5.69 Å². The van der Waals surface area contributed by atoms with Gasteiger partial charge in [-0.15, -0.1) is 11.3 Å². The van der Waals surface area contributed by atoms with Gasteiger partial charge in [0.1, 0.15) is 6.54 Å². The Labute approximate surface area is 109 Å². The minimum Gasteiger partial charge on any atom is -0.339 e. The van der Waals surface area contributed by atoms with Crippen LogP contribution in [0.25, 0.3) is 0 Å². The van der Waals surface area contributed by atoms with E-state index in [4.69, 9.17) is 0 Å². The summed E-state index contributed by atoms with van der Waals surface area (Å²) in [5.74, 6) is 0. The number of halogens is 3. The van der Waals surface area contributed by atoms with Crippen molar-refractivity contribution in [1.29, 1.82) is 0 Å². The van der Waals surface area contributed by atoms with Crippen molar-refractivity contribution < 1.29 is 13.2 Å². The number of alkyl halides is 3. The smallest absolute Gasteiger partial charge is 0.339 e. The molecule has 0 aliphatic carbocycles. The van der Waals surface area contributed by atoms with Crippen molar-refractivity contribution >= 4 is 16.5 Å². The highest BCUT2D eigenvalue weighted by Gasteiger charge is 2.31. The Balaban J connectivity index is 2.80. The van der Waals surface area contributed by atoms with E-state index in [0.29, 0.717) is 18.2 Å². The van der Waals surface area contributed by atoms with Crippen molar-refractivity contribution in [3.8, 4) is 0 Å². The molecule has 1 heterocycles. The second kappa shape index (κ2) is 6.38. The summed E-state index contributed by atoms with van der Waals surface area (Å²) in [4.78, 5) is 6.47. The SMILES string of the molecule is CCNCc1sc(N(CC)CC(F)(F)F)nc1C. The van der Waals surface area contributed by atoms with E-state index >= 15 is 0 Å². The number of hydrogen-bond donors (Lipinski definition) is 1. The third-order valence-corrected chi connectivity index (χ3v) is 3.66. The first-order valence-corrected chi connectivity index (χ1v) is 6.67. The lowest BCUT2D eigenvalue weighted by Crippen LogP contribution is -2.33. The first-order valence-electron chi connectivity index (χ1n) is 5.86. The maximum Gasteiger partial charge on any atom is 0.406 e. The summed E-state index contributed by atoms with van der Waals surface area (Å²) >= 11 is 1.33. The quantitative estimate of drug-likeness (QED) is 0.869. The Morgan fingerprint density at radius 1 is 1.33 bits per heavy atom. The van der Waals surface area contributed by atoms with Crippen LogP contribution in [0.1, 0.15) is 24.4 Å². The van der Waals surface area contributed by atoms with E-state index in [1.54, 1.807) is 6.92 Å². The van der Waals surface area contributed by atoms with Crippen LogP contribution in [0, 0.1) is 6.92 Å². The standard InChI is InChI=1S/C11H18F3N3S/c1-4-15-6-9-8(3)16-10(18-9)17(5-2)7-11(12,13)14/h15H,4-7H2,1-3H3. The summed E-state index contributed by atoms with van der Waals surface area (Å²) in [5.41, 5.74) is 0.802. The Morgan fingerprint density at radius 2 is 2.00 bits per heavy atom. The lowest BCUT2D eigenvalue weighted by Gasteiger charge is -2.21. The Morgan fingerprint density at radius 3 is 2.50 bits per heavy atom. The summed E-state index contributed by atoms with van der Waals surface area (Å²) in [6.45, 7) is 6.35. The predicted molar refractivity (Wildman–Crippen MR) is 68.2 cm³/mol. The molecular weight excluding hydrogens is 263 g/mol. The molecule has 0 bridgehead atoms. The van der Waals surface area contributed by atoms with E-state index in [1.165, 1.54) is 16.2 Å². The van der Waals surface area contributed by atoms with Crippen molar-refractivity contribution in [2.75, 3.05) is 24.5 Å². The van der Waals surface area contributed by atoms with E-state index in [9.17, 15) is 13.2 Å². The Bertz CT molecular complexity index is 376. The average molecular weight is 281 g/mol. The van der Waals surface area contributed by atoms with Gasteiger partial charge in [0.15, 0.2) is 5.13 Å². The van der Waals surface area contributed by atoms with Gasteiger partial charge in [0.2, 0.25) is 0 Å². The largest absolute Gasteiger partial charge is 0.406 e. The predicted octanol–water partition coefficient (Wildman–Crippen LogP) is 2.95. The van der Waals surface area contributed by atoms with E-state index in [2.05, 4.69) is 10.3 Å². The molecule has 1 aromatic rings. The van der Waals surface area contributed by atoms with Gasteiger partial charge in [-0.1, -0.05) is 6.92 Å². The molecule has 18 heavy (non-hydrogen) atoms. The van der Waals surface area contributed by atoms with Gasteiger partial charge in [-0.3, -0.25) is 0 Å². The van der Waals surface area contributed by atoms with Gasteiger partial charge >= 0.3 is 6.18 Å². The first-order chi connectivity index (χ1) is 8.37. The molecule has 0 amide bonds. The number of hydrogen-bond acceptors (Lipinski definition) is 4. The van der Waals surface area contributed by atoms with Crippen molar-refractivity contribution in [3.63, 3.8) is 0 Å². The Kier molecular flexibility index (Phi) is 5.40. The fourth-order valence-electron chi connectivity index (χ4n) is 1.48. The summed E-state index contributed by atoms with van der Waals surface area (Å²) in [7, 11) is 0. The van der Waals surface area contributed by atoms with E-state index in [1.807, 2.05) is 13.8 Å². The first kappa shape index (κ1) is 15.2. The molecule has 0 spiro atoms. The van der Waals surface area contributed by atoms with Crippen molar-refractivity contribution in [3.05, 3.63) is 10.6 Å². The highest BCUT2D eigenvalue weighted by atomic mass is 32.1. The van der Waals surface area contributed by atoms with E-state index in [0.717, 1.165) is 17.1 Å². The van der Waals surface area contributed by atoms with Gasteiger partial charge in [-0.25, -0.2) is 4.98 Å². The molecule has 0 unspecified atom stereocenters. The number of nitrogens with one attached hydrogen (secondary N) is 1. The lowest BCUT2D eigenvalue weighted by atomic mass is 10.4. The topological polar surface area (TPSA) is 28.2 Å². The van der Waals surface area contributed by atoms with Crippen molar-refractivity contribution in [1.82, 2.24) is 10.3 Å². The fourth-order valence-corrected chi connectivity index (χ4v) is 2.57. The lowest BCUT2D eigenvalue weighted by molar-refractivity contribution is -0.119. The summed E-state index contributed by atoms with van der Waals surface area (Å²) in [6, 6.07) is 0. The molecule has 0 fully saturated rings. The highest BCUT2D eigenvalue weighted by molar-refractivity contribution is 7.15. The van der Waals surface area contributed by atoms with Crippen LogP contribution in [0.3, 0.4) is 0 Å². The molecule has 0 aliphatic rings. The summed E-state index contributed by atoms with van der Waals surface area (Å²) < 4.78 is 37.2. The van der Waals surface area contributed by atoms with Crippen LogP contribution < -0.4 is 10.2 Å². The molecule has 1 aromatic heterocycles. The summed E-state index contributed by atoms with van der Waals surface area (Å²) in [5, 5.41) is 3.60. The fraction of sp³-hybridized carbons (Fsp3) is 0.727. The minimum atomic E-state index is -4.20. The second-order valence-corrected chi connectivity index (χ2v) is 4.98. The van der Waals surface area contributed by atoms with Crippen LogP contribution in [-0.4, -0.2) is 30.8 Å². The number of aryl methyl sites for hydroxylation is 1. The average Bonchev–Trinajstić information content (AvgIpc) is 2.63. The molecule has 0 aromatic carbocycles. The number of rotatable bonds is 6. The van der Waals surface area contributed by atoms with Crippen molar-refractivity contribution in [2.45, 2.75) is 33.5 Å². The minimum absolute atomic E-state index is 0.299. The molecular formula is C11H18F3N3S. The molecule has 7 heteroatoms. The third kappa shape index (κ3) is 4.45. The molecule has 1 rings (SSSR count). The van der Waals surface area contributed by atoms with Gasteiger partial charge in [-0.05, 0) is 20.4 Å². The molecule has 0 atom stereocenters. The van der Waals surface area contributed by atoms with Gasteiger partial charge in [0.25, 0.3) is 0 Å². The van der Waals surface area contributed by atoms with Crippen molar-refractivity contribution in [2.24, 2.45) is 0 Å². The highest BCUT2D eigenvalue weighted by Crippen LogP contribution is 2.28. The molecule has 3 nitrogen and oxygen atoms in total. The summed E-state index contributed by atoms with van der Waals surface area (Å²) in [6.07, 6.45) is -4.20. The molecule has 0 saturated heterocycles. The zero-order valence-corrected chi connectivity index (χ0v) is 11.6. The molecule has 0 radical (unpaired) electrons. The molecule has 0 aliphatic heterocycles. The van der Waals surface area contributed by atoms with Crippen LogP contribution in [0.4, 0.5) is 18.3 Å². The van der Waals surface area contributed by atoms with Crippen LogP contribution in [-0.2, 0) is 6.54 Å².